The minimum atomic E-state index is -0.0108. The van der Waals surface area contributed by atoms with E-state index in [-0.39, 0.29) is 12.0 Å². The van der Waals surface area contributed by atoms with Crippen molar-refractivity contribution in [1.82, 2.24) is 15.5 Å². The van der Waals surface area contributed by atoms with E-state index in [1.807, 2.05) is 30.3 Å². The van der Waals surface area contributed by atoms with E-state index < -0.39 is 0 Å². The number of carbonyl (C=O) groups excluding carboxylic acids is 1. The van der Waals surface area contributed by atoms with Crippen molar-refractivity contribution in [1.29, 1.82) is 0 Å². The van der Waals surface area contributed by atoms with Crippen LogP contribution in [0.3, 0.4) is 0 Å². The van der Waals surface area contributed by atoms with Gasteiger partial charge in [-0.3, -0.25) is 4.79 Å². The molecule has 0 radical (unpaired) electrons. The van der Waals surface area contributed by atoms with Gasteiger partial charge in [0.1, 0.15) is 0 Å². The summed E-state index contributed by atoms with van der Waals surface area (Å²) in [6.07, 6.45) is 3.70. The van der Waals surface area contributed by atoms with Gasteiger partial charge in [0.2, 0.25) is 11.8 Å². The molecule has 1 aliphatic heterocycles. The van der Waals surface area contributed by atoms with Gasteiger partial charge in [0.15, 0.2) is 5.82 Å². The van der Waals surface area contributed by atoms with E-state index in [1.165, 1.54) is 0 Å². The van der Waals surface area contributed by atoms with Crippen LogP contribution in [0.4, 0.5) is 0 Å². The Bertz CT molecular complexity index is 621. The van der Waals surface area contributed by atoms with Crippen molar-refractivity contribution >= 4 is 5.91 Å². The Balaban J connectivity index is 1.41. The average molecular weight is 315 g/mol. The van der Waals surface area contributed by atoms with Crippen LogP contribution in [0.15, 0.2) is 34.9 Å². The van der Waals surface area contributed by atoms with E-state index in [4.69, 9.17) is 9.26 Å². The molecule has 1 aromatic heterocycles. The fourth-order valence-corrected chi connectivity index (χ4v) is 2.58. The summed E-state index contributed by atoms with van der Waals surface area (Å²) in [5.74, 6) is 1.14. The average Bonchev–Trinajstić information content (AvgIpc) is 3.24. The molecule has 2 heterocycles. The second kappa shape index (κ2) is 7.87. The molecule has 1 fully saturated rings. The predicted octanol–water partition coefficient (Wildman–Crippen LogP) is 1.89. The molecule has 1 aromatic carbocycles. The van der Waals surface area contributed by atoms with Crippen molar-refractivity contribution in [2.24, 2.45) is 0 Å². The molecule has 1 aliphatic rings. The minimum absolute atomic E-state index is 0.0108. The SMILES string of the molecule is O=C(CCc1nc(Cc2ccccc2)no1)NC[C@@H]1CCCO1. The lowest BCUT2D eigenvalue weighted by atomic mass is 10.1. The van der Waals surface area contributed by atoms with Crippen molar-refractivity contribution in [2.45, 2.75) is 38.2 Å². The lowest BCUT2D eigenvalue weighted by molar-refractivity contribution is -0.121. The number of nitrogens with one attached hydrogen (secondary N) is 1. The van der Waals surface area contributed by atoms with Crippen LogP contribution in [-0.4, -0.2) is 35.3 Å². The van der Waals surface area contributed by atoms with Crippen LogP contribution in [0.1, 0.15) is 36.5 Å². The zero-order valence-corrected chi connectivity index (χ0v) is 13.0. The fourth-order valence-electron chi connectivity index (χ4n) is 2.58. The molecule has 0 aliphatic carbocycles. The molecule has 0 bridgehead atoms. The summed E-state index contributed by atoms with van der Waals surface area (Å²) in [7, 11) is 0. The Labute approximate surface area is 135 Å². The van der Waals surface area contributed by atoms with Gasteiger partial charge in [-0.25, -0.2) is 0 Å². The van der Waals surface area contributed by atoms with Crippen LogP contribution in [-0.2, 0) is 22.4 Å². The van der Waals surface area contributed by atoms with Crippen molar-refractivity contribution in [3.63, 3.8) is 0 Å². The largest absolute Gasteiger partial charge is 0.376 e. The monoisotopic (exact) mass is 315 g/mol. The standard InChI is InChI=1S/C17H21N3O3/c21-16(18-12-14-7-4-10-22-14)8-9-17-19-15(20-23-17)11-13-5-2-1-3-6-13/h1-3,5-6,14H,4,7-12H2,(H,18,21)/t14-/m0/s1. The number of benzene rings is 1. The molecule has 122 valence electrons. The molecule has 2 aromatic rings. The number of amides is 1. The lowest BCUT2D eigenvalue weighted by Crippen LogP contribution is -2.31. The maximum atomic E-state index is 11.8. The summed E-state index contributed by atoms with van der Waals surface area (Å²) < 4.78 is 10.7. The van der Waals surface area contributed by atoms with Crippen LogP contribution in [0.5, 0.6) is 0 Å². The number of rotatable bonds is 7. The molecular formula is C17H21N3O3. The van der Waals surface area contributed by atoms with E-state index >= 15 is 0 Å². The molecular weight excluding hydrogens is 294 g/mol. The van der Waals surface area contributed by atoms with Crippen molar-refractivity contribution in [2.75, 3.05) is 13.2 Å². The first-order chi connectivity index (χ1) is 11.3. The number of hydrogen-bond acceptors (Lipinski definition) is 5. The summed E-state index contributed by atoms with van der Waals surface area (Å²) in [6, 6.07) is 9.98. The number of aromatic nitrogens is 2. The summed E-state index contributed by atoms with van der Waals surface area (Å²) >= 11 is 0. The van der Waals surface area contributed by atoms with E-state index in [2.05, 4.69) is 15.5 Å². The summed E-state index contributed by atoms with van der Waals surface area (Å²) in [5.41, 5.74) is 1.13. The lowest BCUT2D eigenvalue weighted by Gasteiger charge is -2.09. The molecule has 1 saturated heterocycles. The summed E-state index contributed by atoms with van der Waals surface area (Å²) in [5, 5.41) is 6.85. The Morgan fingerprint density at radius 2 is 2.17 bits per heavy atom. The fraction of sp³-hybridized carbons (Fsp3) is 0.471. The van der Waals surface area contributed by atoms with E-state index in [9.17, 15) is 4.79 Å². The second-order valence-electron chi connectivity index (χ2n) is 5.71. The zero-order chi connectivity index (χ0) is 15.9. The van der Waals surface area contributed by atoms with Gasteiger partial charge < -0.3 is 14.6 Å². The highest BCUT2D eigenvalue weighted by Gasteiger charge is 2.16. The van der Waals surface area contributed by atoms with E-state index in [0.717, 1.165) is 25.0 Å². The quantitative estimate of drug-likeness (QED) is 0.844. The normalized spacial score (nSPS) is 17.3. The van der Waals surface area contributed by atoms with Gasteiger partial charge in [-0.05, 0) is 18.4 Å². The molecule has 0 spiro atoms. The van der Waals surface area contributed by atoms with Gasteiger partial charge in [0.05, 0.1) is 6.10 Å². The van der Waals surface area contributed by atoms with E-state index in [1.54, 1.807) is 0 Å². The number of ether oxygens (including phenoxy) is 1. The maximum absolute atomic E-state index is 11.8. The van der Waals surface area contributed by atoms with Gasteiger partial charge in [0.25, 0.3) is 0 Å². The Kier molecular flexibility index (Phi) is 5.37. The van der Waals surface area contributed by atoms with Crippen molar-refractivity contribution in [3.05, 3.63) is 47.6 Å². The third-order valence-electron chi connectivity index (χ3n) is 3.83. The first kappa shape index (κ1) is 15.7. The minimum Gasteiger partial charge on any atom is -0.376 e. The molecule has 1 atom stereocenters. The van der Waals surface area contributed by atoms with E-state index in [0.29, 0.717) is 37.5 Å². The van der Waals surface area contributed by atoms with Gasteiger partial charge in [-0.15, -0.1) is 0 Å². The number of nitrogens with zero attached hydrogens (tertiary/aromatic N) is 2. The van der Waals surface area contributed by atoms with Crippen LogP contribution in [0.2, 0.25) is 0 Å². The molecule has 1 amide bonds. The van der Waals surface area contributed by atoms with Gasteiger partial charge >= 0.3 is 0 Å². The number of aryl methyl sites for hydroxylation is 1. The topological polar surface area (TPSA) is 77.2 Å². The second-order valence-corrected chi connectivity index (χ2v) is 5.71. The molecule has 6 nitrogen and oxygen atoms in total. The Morgan fingerprint density at radius 1 is 1.30 bits per heavy atom. The number of hydrogen-bond donors (Lipinski definition) is 1. The van der Waals surface area contributed by atoms with Crippen LogP contribution < -0.4 is 5.32 Å². The Hall–Kier alpha value is -2.21. The molecule has 0 unspecified atom stereocenters. The van der Waals surface area contributed by atoms with Gasteiger partial charge in [-0.1, -0.05) is 35.5 Å². The van der Waals surface area contributed by atoms with Crippen LogP contribution in [0.25, 0.3) is 0 Å². The highest BCUT2D eigenvalue weighted by atomic mass is 16.5. The third kappa shape index (κ3) is 4.89. The smallest absolute Gasteiger partial charge is 0.227 e. The molecule has 1 N–H and O–H groups in total. The van der Waals surface area contributed by atoms with Crippen LogP contribution in [0, 0.1) is 0 Å². The summed E-state index contributed by atoms with van der Waals surface area (Å²) in [6.45, 7) is 1.38. The van der Waals surface area contributed by atoms with Gasteiger partial charge in [-0.2, -0.15) is 4.98 Å². The summed E-state index contributed by atoms with van der Waals surface area (Å²) in [4.78, 5) is 16.1. The molecule has 23 heavy (non-hydrogen) atoms. The highest BCUT2D eigenvalue weighted by molar-refractivity contribution is 5.76. The number of carbonyl (C=O) groups is 1. The molecule has 3 rings (SSSR count). The predicted molar refractivity (Wildman–Crippen MR) is 83.9 cm³/mol. The van der Waals surface area contributed by atoms with Gasteiger partial charge in [0, 0.05) is 32.4 Å². The van der Waals surface area contributed by atoms with Crippen LogP contribution >= 0.6 is 0 Å². The maximum Gasteiger partial charge on any atom is 0.227 e. The van der Waals surface area contributed by atoms with Crippen molar-refractivity contribution < 1.29 is 14.1 Å². The highest BCUT2D eigenvalue weighted by Crippen LogP contribution is 2.11. The Morgan fingerprint density at radius 3 is 2.96 bits per heavy atom. The third-order valence-corrected chi connectivity index (χ3v) is 3.83. The first-order valence-corrected chi connectivity index (χ1v) is 8.03. The molecule has 0 saturated carbocycles. The first-order valence-electron chi connectivity index (χ1n) is 8.03. The zero-order valence-electron chi connectivity index (χ0n) is 13.0. The molecule has 6 heteroatoms. The van der Waals surface area contributed by atoms with Crippen molar-refractivity contribution in [3.8, 4) is 0 Å².